The summed E-state index contributed by atoms with van der Waals surface area (Å²) >= 11 is 0. The zero-order chi connectivity index (χ0) is 16.8. The number of rotatable bonds is 2. The van der Waals surface area contributed by atoms with E-state index in [-0.39, 0.29) is 19.0 Å². The first-order chi connectivity index (χ1) is 10.7. The van der Waals surface area contributed by atoms with Gasteiger partial charge in [0.2, 0.25) is 5.91 Å². The highest BCUT2D eigenvalue weighted by molar-refractivity contribution is 7.89. The Balaban J connectivity index is 1.95. The van der Waals surface area contributed by atoms with Gasteiger partial charge in [0.15, 0.2) is 0 Å². The van der Waals surface area contributed by atoms with E-state index in [1.54, 1.807) is 0 Å². The number of sulfonamides is 1. The number of allylic oxidation sites excluding steroid dienone is 1. The summed E-state index contributed by atoms with van der Waals surface area (Å²) < 4.78 is 64.4. The summed E-state index contributed by atoms with van der Waals surface area (Å²) in [6.45, 7) is 0.233. The zero-order valence-corrected chi connectivity index (χ0v) is 12.7. The lowest BCUT2D eigenvalue weighted by Crippen LogP contribution is -2.40. The minimum Gasteiger partial charge on any atom is -0.313 e. The van der Waals surface area contributed by atoms with Gasteiger partial charge in [0.1, 0.15) is 0 Å². The van der Waals surface area contributed by atoms with Crippen molar-refractivity contribution in [2.45, 2.75) is 23.9 Å². The van der Waals surface area contributed by atoms with Crippen LogP contribution < -0.4 is 0 Å². The fourth-order valence-corrected chi connectivity index (χ4v) is 4.03. The summed E-state index contributed by atoms with van der Waals surface area (Å²) in [5.74, 6) is -0.0626. The Morgan fingerprint density at radius 3 is 2.52 bits per heavy atom. The quantitative estimate of drug-likeness (QED) is 0.825. The molecular weight excluding hydrogens is 333 g/mol. The number of fused-ring (bicyclic) bond motifs is 1. The Morgan fingerprint density at radius 2 is 1.83 bits per heavy atom. The summed E-state index contributed by atoms with van der Waals surface area (Å²) in [4.78, 5) is 12.7. The van der Waals surface area contributed by atoms with Crippen LogP contribution in [0.5, 0.6) is 0 Å². The van der Waals surface area contributed by atoms with Gasteiger partial charge in [0.25, 0.3) is 10.0 Å². The number of nitrogens with zero attached hydrogens (tertiary/aromatic N) is 2. The third-order valence-corrected chi connectivity index (χ3v) is 5.60. The van der Waals surface area contributed by atoms with Crippen LogP contribution in [0, 0.1) is 0 Å². The van der Waals surface area contributed by atoms with Gasteiger partial charge in [-0.05, 0) is 24.6 Å². The third-order valence-electron chi connectivity index (χ3n) is 3.85. The van der Waals surface area contributed by atoms with Gasteiger partial charge in [0, 0.05) is 24.9 Å². The summed E-state index contributed by atoms with van der Waals surface area (Å²) in [5, 5.41) is 0. The first-order valence-corrected chi connectivity index (χ1v) is 8.34. The molecule has 0 aromatic heterocycles. The van der Waals surface area contributed by atoms with E-state index in [2.05, 4.69) is 0 Å². The number of hydrogen-bond acceptors (Lipinski definition) is 3. The molecule has 1 fully saturated rings. The lowest BCUT2D eigenvalue weighted by molar-refractivity contribution is -0.137. The van der Waals surface area contributed by atoms with Crippen LogP contribution in [0.3, 0.4) is 0 Å². The van der Waals surface area contributed by atoms with Gasteiger partial charge in [-0.3, -0.25) is 9.10 Å². The van der Waals surface area contributed by atoms with Crippen molar-refractivity contribution in [3.8, 4) is 0 Å². The fourth-order valence-electron chi connectivity index (χ4n) is 2.65. The van der Waals surface area contributed by atoms with Crippen LogP contribution in [0.1, 0.15) is 18.4 Å². The molecule has 124 valence electrons. The van der Waals surface area contributed by atoms with Gasteiger partial charge in [-0.1, -0.05) is 6.07 Å². The van der Waals surface area contributed by atoms with Crippen molar-refractivity contribution >= 4 is 15.9 Å². The van der Waals surface area contributed by atoms with Crippen LogP contribution >= 0.6 is 0 Å². The first-order valence-electron chi connectivity index (χ1n) is 6.90. The van der Waals surface area contributed by atoms with Crippen molar-refractivity contribution in [3.05, 3.63) is 41.7 Å². The van der Waals surface area contributed by atoms with Crippen LogP contribution in [0.2, 0.25) is 0 Å². The number of halogens is 3. The molecule has 0 radical (unpaired) electrons. The SMILES string of the molecule is O=C1CCC2=CN(S(=O)(=O)c3cccc(C(F)(F)F)c3)CCN12. The summed E-state index contributed by atoms with van der Waals surface area (Å²) in [5.41, 5.74) is -0.433. The van der Waals surface area contributed by atoms with Gasteiger partial charge < -0.3 is 4.90 Å². The summed E-state index contributed by atoms with van der Waals surface area (Å²) in [7, 11) is -4.08. The van der Waals surface area contributed by atoms with E-state index < -0.39 is 26.7 Å². The highest BCUT2D eigenvalue weighted by Crippen LogP contribution is 2.32. The molecular formula is C14H13F3N2O3S. The molecule has 3 rings (SSSR count). The molecule has 0 aliphatic carbocycles. The van der Waals surface area contributed by atoms with E-state index in [0.29, 0.717) is 24.6 Å². The van der Waals surface area contributed by atoms with E-state index in [1.807, 2.05) is 0 Å². The second-order valence-electron chi connectivity index (χ2n) is 5.31. The monoisotopic (exact) mass is 346 g/mol. The van der Waals surface area contributed by atoms with E-state index in [0.717, 1.165) is 22.5 Å². The molecule has 2 heterocycles. The van der Waals surface area contributed by atoms with Crippen LogP contribution in [-0.2, 0) is 21.0 Å². The molecule has 23 heavy (non-hydrogen) atoms. The van der Waals surface area contributed by atoms with Crippen molar-refractivity contribution in [2.24, 2.45) is 0 Å². The Kier molecular flexibility index (Phi) is 3.62. The molecule has 0 unspecified atom stereocenters. The Bertz CT molecular complexity index is 787. The number of hydrogen-bond donors (Lipinski definition) is 0. The highest BCUT2D eigenvalue weighted by atomic mass is 32.2. The maximum atomic E-state index is 12.8. The van der Waals surface area contributed by atoms with Crippen molar-refractivity contribution in [1.29, 1.82) is 0 Å². The second-order valence-corrected chi connectivity index (χ2v) is 7.20. The molecule has 0 atom stereocenters. The smallest absolute Gasteiger partial charge is 0.313 e. The molecule has 0 bridgehead atoms. The van der Waals surface area contributed by atoms with Gasteiger partial charge in [-0.15, -0.1) is 0 Å². The van der Waals surface area contributed by atoms with E-state index in [1.165, 1.54) is 11.1 Å². The average Bonchev–Trinajstić information content (AvgIpc) is 2.87. The van der Waals surface area contributed by atoms with Crippen molar-refractivity contribution < 1.29 is 26.4 Å². The maximum Gasteiger partial charge on any atom is 0.416 e. The number of carbonyl (C=O) groups is 1. The van der Waals surface area contributed by atoms with Gasteiger partial charge in [-0.2, -0.15) is 13.2 Å². The van der Waals surface area contributed by atoms with Crippen molar-refractivity contribution in [2.75, 3.05) is 13.1 Å². The first kappa shape index (κ1) is 15.9. The molecule has 9 heteroatoms. The van der Waals surface area contributed by atoms with Gasteiger partial charge >= 0.3 is 6.18 Å². The lowest BCUT2D eigenvalue weighted by atomic mass is 10.2. The Hall–Kier alpha value is -2.03. The van der Waals surface area contributed by atoms with Crippen molar-refractivity contribution in [1.82, 2.24) is 9.21 Å². The van der Waals surface area contributed by atoms with Crippen LogP contribution in [0.25, 0.3) is 0 Å². The molecule has 5 nitrogen and oxygen atoms in total. The molecule has 2 aliphatic rings. The largest absolute Gasteiger partial charge is 0.416 e. The molecule has 0 saturated carbocycles. The van der Waals surface area contributed by atoms with Gasteiger partial charge in [-0.25, -0.2) is 8.42 Å². The van der Waals surface area contributed by atoms with Crippen molar-refractivity contribution in [3.63, 3.8) is 0 Å². The molecule has 2 aliphatic heterocycles. The topological polar surface area (TPSA) is 57.7 Å². The molecule has 0 spiro atoms. The average molecular weight is 346 g/mol. The zero-order valence-electron chi connectivity index (χ0n) is 11.9. The summed E-state index contributed by atoms with van der Waals surface area (Å²) in [6.07, 6.45) is -2.51. The van der Waals surface area contributed by atoms with Crippen LogP contribution in [-0.4, -0.2) is 36.6 Å². The minimum atomic E-state index is -4.61. The Labute approximate surface area is 131 Å². The predicted molar refractivity (Wildman–Crippen MR) is 74.4 cm³/mol. The minimum absolute atomic E-state index is 0.0216. The molecule has 1 amide bonds. The number of amides is 1. The number of benzene rings is 1. The normalized spacial score (nSPS) is 18.9. The Morgan fingerprint density at radius 1 is 1.09 bits per heavy atom. The third kappa shape index (κ3) is 2.80. The molecule has 0 N–H and O–H groups in total. The van der Waals surface area contributed by atoms with E-state index >= 15 is 0 Å². The molecule has 1 aromatic rings. The van der Waals surface area contributed by atoms with Crippen LogP contribution in [0.15, 0.2) is 41.1 Å². The predicted octanol–water partition coefficient (Wildman–Crippen LogP) is 2.17. The number of carbonyl (C=O) groups excluding carboxylic acids is 1. The van der Waals surface area contributed by atoms with E-state index in [9.17, 15) is 26.4 Å². The fraction of sp³-hybridized carbons (Fsp3) is 0.357. The second kappa shape index (κ2) is 5.26. The van der Waals surface area contributed by atoms with Gasteiger partial charge in [0.05, 0.1) is 17.0 Å². The maximum absolute atomic E-state index is 12.8. The number of alkyl halides is 3. The lowest BCUT2D eigenvalue weighted by Gasteiger charge is -2.30. The highest BCUT2D eigenvalue weighted by Gasteiger charge is 2.35. The molecule has 1 aromatic carbocycles. The standard InChI is InChI=1S/C14H13F3N2O3S/c15-14(16,17)10-2-1-3-12(8-10)23(21,22)18-6-7-19-11(9-18)4-5-13(19)20/h1-3,8-9H,4-7H2. The van der Waals surface area contributed by atoms with Crippen LogP contribution in [0.4, 0.5) is 13.2 Å². The van der Waals surface area contributed by atoms with E-state index in [4.69, 9.17) is 0 Å². The summed E-state index contributed by atoms with van der Waals surface area (Å²) in [6, 6.07) is 3.65. The molecule has 1 saturated heterocycles.